The van der Waals surface area contributed by atoms with Crippen LogP contribution in [0.5, 0.6) is 5.75 Å². The molecule has 0 aliphatic heterocycles. The number of hydrogen-bond donors (Lipinski definition) is 0. The summed E-state index contributed by atoms with van der Waals surface area (Å²) in [7, 11) is 0. The van der Waals surface area contributed by atoms with Gasteiger partial charge in [0.2, 0.25) is 6.10 Å². The first-order chi connectivity index (χ1) is 12.7. The zero-order valence-corrected chi connectivity index (χ0v) is 14.4. The Bertz CT molecular complexity index is 782. The molecule has 0 heterocycles. The number of benzene rings is 2. The number of carbonyl (C=O) groups is 2. The summed E-state index contributed by atoms with van der Waals surface area (Å²) in [5, 5.41) is 9.03. The van der Waals surface area contributed by atoms with E-state index in [4.69, 9.17) is 19.5 Å². The van der Waals surface area contributed by atoms with E-state index in [1.165, 1.54) is 0 Å². The Hall–Kier alpha value is -3.33. The summed E-state index contributed by atoms with van der Waals surface area (Å²) in [4.78, 5) is 24.4. The van der Waals surface area contributed by atoms with Gasteiger partial charge in [-0.3, -0.25) is 0 Å². The third kappa shape index (κ3) is 5.35. The maximum Gasteiger partial charge on any atom is 0.352 e. The molecular formula is C20H19NO5. The highest BCUT2D eigenvalue weighted by Gasteiger charge is 2.26. The third-order valence-corrected chi connectivity index (χ3v) is 3.37. The van der Waals surface area contributed by atoms with E-state index in [0.717, 1.165) is 0 Å². The molecule has 0 spiro atoms. The van der Waals surface area contributed by atoms with Gasteiger partial charge in [0.1, 0.15) is 11.8 Å². The van der Waals surface area contributed by atoms with E-state index in [2.05, 4.69) is 0 Å². The van der Waals surface area contributed by atoms with E-state index >= 15 is 0 Å². The second-order valence-corrected chi connectivity index (χ2v) is 5.34. The predicted molar refractivity (Wildman–Crippen MR) is 93.2 cm³/mol. The standard InChI is InChI=1S/C20H19NO5/c1-2-12-24-20(23)19(15-8-4-3-5-9-15)26-18(22)14-25-17-11-7-6-10-16(17)13-21/h3-11,19H,2,12,14H2,1H3. The summed E-state index contributed by atoms with van der Waals surface area (Å²) < 4.78 is 15.7. The van der Waals surface area contributed by atoms with Crippen molar-refractivity contribution in [3.05, 3.63) is 65.7 Å². The molecule has 0 bridgehead atoms. The highest BCUT2D eigenvalue weighted by atomic mass is 16.6. The Morgan fingerprint density at radius 2 is 1.77 bits per heavy atom. The molecule has 1 atom stereocenters. The molecule has 0 saturated carbocycles. The van der Waals surface area contributed by atoms with E-state index in [1.54, 1.807) is 54.6 Å². The van der Waals surface area contributed by atoms with Crippen LogP contribution in [0.1, 0.15) is 30.6 Å². The van der Waals surface area contributed by atoms with Gasteiger partial charge in [-0.1, -0.05) is 49.4 Å². The summed E-state index contributed by atoms with van der Waals surface area (Å²) in [6.45, 7) is 1.69. The number of hydrogen-bond acceptors (Lipinski definition) is 6. The summed E-state index contributed by atoms with van der Waals surface area (Å²) in [5.41, 5.74) is 0.821. The second kappa shape index (κ2) is 9.84. The van der Waals surface area contributed by atoms with Crippen molar-refractivity contribution >= 4 is 11.9 Å². The van der Waals surface area contributed by atoms with Crippen molar-refractivity contribution in [3.8, 4) is 11.8 Å². The van der Waals surface area contributed by atoms with Gasteiger partial charge in [0.25, 0.3) is 0 Å². The number of rotatable bonds is 8. The van der Waals surface area contributed by atoms with Crippen LogP contribution >= 0.6 is 0 Å². The molecule has 0 saturated heterocycles. The minimum atomic E-state index is -1.16. The number of nitriles is 1. The van der Waals surface area contributed by atoms with Gasteiger partial charge in [-0.05, 0) is 18.6 Å². The molecule has 6 heteroatoms. The Morgan fingerprint density at radius 1 is 1.08 bits per heavy atom. The van der Waals surface area contributed by atoms with Crippen molar-refractivity contribution in [1.29, 1.82) is 5.26 Å². The zero-order chi connectivity index (χ0) is 18.8. The van der Waals surface area contributed by atoms with Gasteiger partial charge in [-0.25, -0.2) is 9.59 Å². The lowest BCUT2D eigenvalue weighted by atomic mass is 10.1. The Kier molecular flexibility index (Phi) is 7.19. The molecule has 0 aromatic heterocycles. The molecule has 0 aliphatic rings. The van der Waals surface area contributed by atoms with Crippen molar-refractivity contribution in [2.45, 2.75) is 19.4 Å². The average Bonchev–Trinajstić information content (AvgIpc) is 2.69. The maximum atomic E-state index is 12.2. The SMILES string of the molecule is CCCOC(=O)C(OC(=O)COc1ccccc1C#N)c1ccccc1. The number of esters is 2. The summed E-state index contributed by atoms with van der Waals surface area (Å²) in [5.74, 6) is -1.10. The lowest BCUT2D eigenvalue weighted by molar-refractivity contribution is -0.169. The molecular weight excluding hydrogens is 334 g/mol. The topological polar surface area (TPSA) is 85.6 Å². The minimum absolute atomic E-state index is 0.242. The molecule has 0 fully saturated rings. The van der Waals surface area contributed by atoms with Crippen LogP contribution in [0.2, 0.25) is 0 Å². The van der Waals surface area contributed by atoms with Crippen LogP contribution in [0.3, 0.4) is 0 Å². The first kappa shape index (κ1) is 19.0. The Morgan fingerprint density at radius 3 is 2.46 bits per heavy atom. The normalized spacial score (nSPS) is 11.1. The fraction of sp³-hybridized carbons (Fsp3) is 0.250. The van der Waals surface area contributed by atoms with Crippen LogP contribution in [0.15, 0.2) is 54.6 Å². The molecule has 2 aromatic carbocycles. The molecule has 1 unspecified atom stereocenters. The highest BCUT2D eigenvalue weighted by molar-refractivity contribution is 5.81. The van der Waals surface area contributed by atoms with E-state index in [-0.39, 0.29) is 12.4 Å². The summed E-state index contributed by atoms with van der Waals surface area (Å²) >= 11 is 0. The summed E-state index contributed by atoms with van der Waals surface area (Å²) in [6, 6.07) is 17.1. The highest BCUT2D eigenvalue weighted by Crippen LogP contribution is 2.20. The maximum absolute atomic E-state index is 12.2. The van der Waals surface area contributed by atoms with E-state index in [9.17, 15) is 9.59 Å². The molecule has 0 aliphatic carbocycles. The van der Waals surface area contributed by atoms with Crippen LogP contribution in [-0.4, -0.2) is 25.2 Å². The van der Waals surface area contributed by atoms with E-state index in [0.29, 0.717) is 17.5 Å². The molecule has 0 amide bonds. The molecule has 0 radical (unpaired) electrons. The molecule has 26 heavy (non-hydrogen) atoms. The van der Waals surface area contributed by atoms with Gasteiger partial charge >= 0.3 is 11.9 Å². The van der Waals surface area contributed by atoms with E-state index in [1.807, 2.05) is 13.0 Å². The fourth-order valence-electron chi connectivity index (χ4n) is 2.15. The molecule has 6 nitrogen and oxygen atoms in total. The smallest absolute Gasteiger partial charge is 0.352 e. The second-order valence-electron chi connectivity index (χ2n) is 5.34. The Balaban J connectivity index is 2.04. The van der Waals surface area contributed by atoms with Crippen molar-refractivity contribution in [2.24, 2.45) is 0 Å². The Labute approximate surface area is 151 Å². The largest absolute Gasteiger partial charge is 0.481 e. The predicted octanol–water partition coefficient (Wildman–Crippen LogP) is 3.17. The van der Waals surface area contributed by atoms with Gasteiger partial charge in [-0.2, -0.15) is 5.26 Å². The lowest BCUT2D eigenvalue weighted by Crippen LogP contribution is -2.25. The molecule has 134 valence electrons. The van der Waals surface area contributed by atoms with Crippen LogP contribution in [0, 0.1) is 11.3 Å². The van der Waals surface area contributed by atoms with Crippen molar-refractivity contribution in [2.75, 3.05) is 13.2 Å². The average molecular weight is 353 g/mol. The van der Waals surface area contributed by atoms with Gasteiger partial charge < -0.3 is 14.2 Å². The number of carbonyl (C=O) groups excluding carboxylic acids is 2. The van der Waals surface area contributed by atoms with E-state index < -0.39 is 24.6 Å². The zero-order valence-electron chi connectivity index (χ0n) is 14.4. The quantitative estimate of drug-likeness (QED) is 0.678. The molecule has 2 rings (SSSR count). The minimum Gasteiger partial charge on any atom is -0.481 e. The number of para-hydroxylation sites is 1. The first-order valence-corrected chi connectivity index (χ1v) is 8.18. The summed E-state index contributed by atoms with van der Waals surface area (Å²) in [6.07, 6.45) is -0.500. The van der Waals surface area contributed by atoms with Crippen molar-refractivity contribution < 1.29 is 23.8 Å². The number of nitrogens with zero attached hydrogens (tertiary/aromatic N) is 1. The van der Waals surface area contributed by atoms with Crippen molar-refractivity contribution in [3.63, 3.8) is 0 Å². The van der Waals surface area contributed by atoms with Gasteiger partial charge in [-0.15, -0.1) is 0 Å². The van der Waals surface area contributed by atoms with Gasteiger partial charge in [0.05, 0.1) is 12.2 Å². The van der Waals surface area contributed by atoms with Crippen LogP contribution in [0.4, 0.5) is 0 Å². The van der Waals surface area contributed by atoms with Crippen LogP contribution in [0.25, 0.3) is 0 Å². The van der Waals surface area contributed by atoms with Gasteiger partial charge in [0.15, 0.2) is 6.61 Å². The monoisotopic (exact) mass is 353 g/mol. The van der Waals surface area contributed by atoms with Crippen molar-refractivity contribution in [1.82, 2.24) is 0 Å². The third-order valence-electron chi connectivity index (χ3n) is 3.37. The van der Waals surface area contributed by atoms with Gasteiger partial charge in [0, 0.05) is 5.56 Å². The molecule has 0 N–H and O–H groups in total. The fourth-order valence-corrected chi connectivity index (χ4v) is 2.15. The lowest BCUT2D eigenvalue weighted by Gasteiger charge is -2.17. The van der Waals surface area contributed by atoms with Crippen LogP contribution in [-0.2, 0) is 19.1 Å². The number of ether oxygens (including phenoxy) is 3. The van der Waals surface area contributed by atoms with Crippen LogP contribution < -0.4 is 4.74 Å². The molecule has 2 aromatic rings. The first-order valence-electron chi connectivity index (χ1n) is 8.18.